The van der Waals surface area contributed by atoms with Gasteiger partial charge in [-0.1, -0.05) is 6.07 Å². The summed E-state index contributed by atoms with van der Waals surface area (Å²) in [6.07, 6.45) is 3.62. The van der Waals surface area contributed by atoms with Crippen LogP contribution in [0.2, 0.25) is 0 Å². The second-order valence-electron chi connectivity index (χ2n) is 7.13. The number of ether oxygens (including phenoxy) is 2. The van der Waals surface area contributed by atoms with Gasteiger partial charge in [-0.15, -0.1) is 0 Å². The fourth-order valence-corrected chi connectivity index (χ4v) is 3.58. The van der Waals surface area contributed by atoms with Gasteiger partial charge in [0.25, 0.3) is 5.56 Å². The highest BCUT2D eigenvalue weighted by atomic mass is 16.5. The molecule has 9 heteroatoms. The van der Waals surface area contributed by atoms with E-state index in [0.29, 0.717) is 24.2 Å². The number of esters is 1. The second kappa shape index (κ2) is 9.38. The van der Waals surface area contributed by atoms with Gasteiger partial charge in [-0.05, 0) is 30.7 Å². The van der Waals surface area contributed by atoms with Crippen molar-refractivity contribution in [2.75, 3.05) is 14.2 Å². The fraction of sp³-hybridized carbons (Fsp3) is 0.318. The number of aromatic nitrogens is 3. The molecule has 0 unspecified atom stereocenters. The molecular weight excluding hydrogens is 402 g/mol. The number of benzene rings is 1. The van der Waals surface area contributed by atoms with E-state index in [4.69, 9.17) is 9.47 Å². The molecule has 0 saturated heterocycles. The van der Waals surface area contributed by atoms with Crippen LogP contribution >= 0.6 is 0 Å². The lowest BCUT2D eigenvalue weighted by atomic mass is 9.88. The standard InChI is InChI=1S/C22H25N3O6/c1-13-8-18(27)21(22(29)25(13)7-6-15-11-23-12-24-15)16(10-20(28)31-3)14-4-5-17(26)19(9-14)30-2/h4-5,8-9,11-12,16,26-27H,6-7,10H2,1-3H3,(H,23,24)/t16-/m0/s1. The van der Waals surface area contributed by atoms with Gasteiger partial charge >= 0.3 is 5.97 Å². The summed E-state index contributed by atoms with van der Waals surface area (Å²) in [5.74, 6) is -1.43. The van der Waals surface area contributed by atoms with E-state index in [1.54, 1.807) is 30.1 Å². The van der Waals surface area contributed by atoms with Crippen LogP contribution in [0.25, 0.3) is 0 Å². The predicted octanol–water partition coefficient (Wildman–Crippen LogP) is 2.24. The molecule has 0 bridgehead atoms. The summed E-state index contributed by atoms with van der Waals surface area (Å²) in [5.41, 5.74) is 1.66. The van der Waals surface area contributed by atoms with Crippen LogP contribution in [0.3, 0.4) is 0 Å². The third-order valence-electron chi connectivity index (χ3n) is 5.24. The summed E-state index contributed by atoms with van der Waals surface area (Å²) in [6.45, 7) is 2.10. The topological polar surface area (TPSA) is 127 Å². The Bertz CT molecular complexity index is 1120. The number of carbonyl (C=O) groups is 1. The summed E-state index contributed by atoms with van der Waals surface area (Å²) in [4.78, 5) is 32.5. The first-order chi connectivity index (χ1) is 14.8. The van der Waals surface area contributed by atoms with E-state index in [0.717, 1.165) is 5.69 Å². The minimum atomic E-state index is -0.798. The Labute approximate surface area is 178 Å². The van der Waals surface area contributed by atoms with Crippen LogP contribution in [-0.2, 0) is 22.5 Å². The molecule has 0 saturated carbocycles. The van der Waals surface area contributed by atoms with E-state index in [1.807, 2.05) is 0 Å². The molecule has 3 N–H and O–H groups in total. The van der Waals surface area contributed by atoms with Crippen molar-refractivity contribution in [2.45, 2.75) is 32.2 Å². The molecule has 0 aliphatic carbocycles. The summed E-state index contributed by atoms with van der Waals surface area (Å²) >= 11 is 0. The monoisotopic (exact) mass is 427 g/mol. The van der Waals surface area contributed by atoms with Crippen molar-refractivity contribution in [3.05, 3.63) is 69.7 Å². The Hall–Kier alpha value is -3.75. The molecule has 0 aliphatic heterocycles. The van der Waals surface area contributed by atoms with Gasteiger partial charge in [0.1, 0.15) is 5.75 Å². The average Bonchev–Trinajstić information content (AvgIpc) is 3.26. The number of phenols is 1. The maximum absolute atomic E-state index is 13.4. The molecule has 1 aromatic carbocycles. The molecule has 31 heavy (non-hydrogen) atoms. The lowest BCUT2D eigenvalue weighted by Gasteiger charge is -2.21. The molecule has 1 atom stereocenters. The number of hydrogen-bond donors (Lipinski definition) is 3. The highest BCUT2D eigenvalue weighted by molar-refractivity contribution is 5.71. The molecule has 9 nitrogen and oxygen atoms in total. The first-order valence-corrected chi connectivity index (χ1v) is 9.70. The summed E-state index contributed by atoms with van der Waals surface area (Å²) in [5, 5.41) is 20.6. The minimum Gasteiger partial charge on any atom is -0.507 e. The van der Waals surface area contributed by atoms with Crippen molar-refractivity contribution in [3.63, 3.8) is 0 Å². The molecule has 0 fully saturated rings. The number of pyridine rings is 1. The van der Waals surface area contributed by atoms with E-state index in [2.05, 4.69) is 9.97 Å². The highest BCUT2D eigenvalue weighted by Gasteiger charge is 2.27. The van der Waals surface area contributed by atoms with Gasteiger partial charge in [0.15, 0.2) is 11.5 Å². The number of aryl methyl sites for hydroxylation is 2. The van der Waals surface area contributed by atoms with Gasteiger partial charge in [-0.25, -0.2) is 4.98 Å². The summed E-state index contributed by atoms with van der Waals surface area (Å²) in [6, 6.07) is 6.04. The van der Waals surface area contributed by atoms with E-state index < -0.39 is 17.4 Å². The predicted molar refractivity (Wildman–Crippen MR) is 113 cm³/mol. The van der Waals surface area contributed by atoms with Crippen LogP contribution in [0.15, 0.2) is 41.6 Å². The average molecular weight is 427 g/mol. The van der Waals surface area contributed by atoms with Gasteiger partial charge in [0, 0.05) is 36.5 Å². The molecule has 0 radical (unpaired) electrons. The quantitative estimate of drug-likeness (QED) is 0.471. The molecule has 3 rings (SSSR count). The van der Waals surface area contributed by atoms with Crippen LogP contribution in [0.5, 0.6) is 17.2 Å². The molecule has 2 heterocycles. The highest BCUT2D eigenvalue weighted by Crippen LogP contribution is 2.36. The van der Waals surface area contributed by atoms with Crippen LogP contribution in [0.4, 0.5) is 0 Å². The molecule has 164 valence electrons. The zero-order valence-corrected chi connectivity index (χ0v) is 17.6. The number of aromatic hydroxyl groups is 2. The van der Waals surface area contributed by atoms with Crippen LogP contribution in [-0.4, -0.2) is 44.9 Å². The normalized spacial score (nSPS) is 11.8. The number of nitrogens with one attached hydrogen (secondary N) is 1. The number of hydrogen-bond acceptors (Lipinski definition) is 7. The number of carbonyl (C=O) groups excluding carboxylic acids is 1. The van der Waals surface area contributed by atoms with Crippen LogP contribution in [0, 0.1) is 6.92 Å². The summed E-state index contributed by atoms with van der Waals surface area (Å²) in [7, 11) is 2.66. The van der Waals surface area contributed by atoms with Gasteiger partial charge in [-0.3, -0.25) is 9.59 Å². The first-order valence-electron chi connectivity index (χ1n) is 9.70. The van der Waals surface area contributed by atoms with Crippen molar-refractivity contribution >= 4 is 5.97 Å². The van der Waals surface area contributed by atoms with Gasteiger partial charge in [0.2, 0.25) is 0 Å². The Morgan fingerprint density at radius 2 is 2.00 bits per heavy atom. The third-order valence-corrected chi connectivity index (χ3v) is 5.24. The largest absolute Gasteiger partial charge is 0.507 e. The zero-order valence-electron chi connectivity index (χ0n) is 17.6. The zero-order chi connectivity index (χ0) is 22.5. The second-order valence-corrected chi connectivity index (χ2v) is 7.13. The molecular formula is C22H25N3O6. The maximum atomic E-state index is 13.4. The van der Waals surface area contributed by atoms with Gasteiger partial charge in [0.05, 0.1) is 32.5 Å². The lowest BCUT2D eigenvalue weighted by Crippen LogP contribution is -2.29. The van der Waals surface area contributed by atoms with Crippen molar-refractivity contribution in [3.8, 4) is 17.2 Å². The van der Waals surface area contributed by atoms with Crippen LogP contribution in [0.1, 0.15) is 34.9 Å². The molecule has 0 amide bonds. The Balaban J connectivity index is 2.10. The molecule has 0 aliphatic rings. The fourth-order valence-electron chi connectivity index (χ4n) is 3.58. The van der Waals surface area contributed by atoms with E-state index in [1.165, 1.54) is 32.4 Å². The van der Waals surface area contributed by atoms with Crippen molar-refractivity contribution in [1.29, 1.82) is 0 Å². The minimum absolute atomic E-state index is 0.0758. The van der Waals surface area contributed by atoms with Crippen molar-refractivity contribution in [2.24, 2.45) is 0 Å². The number of methoxy groups -OCH3 is 2. The van der Waals surface area contributed by atoms with Crippen molar-refractivity contribution in [1.82, 2.24) is 14.5 Å². The molecule has 2 aromatic heterocycles. The Morgan fingerprint density at radius 3 is 2.65 bits per heavy atom. The maximum Gasteiger partial charge on any atom is 0.306 e. The van der Waals surface area contributed by atoms with E-state index >= 15 is 0 Å². The SMILES string of the molecule is COC(=O)C[C@@H](c1ccc(O)c(OC)c1)c1c(O)cc(C)n(CCc2cnc[nH]2)c1=O. The van der Waals surface area contributed by atoms with E-state index in [-0.39, 0.29) is 29.2 Å². The van der Waals surface area contributed by atoms with Crippen molar-refractivity contribution < 1.29 is 24.5 Å². The number of phenolic OH excluding ortho intramolecular Hbond substituents is 1. The smallest absolute Gasteiger partial charge is 0.306 e. The lowest BCUT2D eigenvalue weighted by molar-refractivity contribution is -0.140. The number of nitrogens with zero attached hydrogens (tertiary/aromatic N) is 2. The number of rotatable bonds is 8. The van der Waals surface area contributed by atoms with Gasteiger partial charge in [-0.2, -0.15) is 0 Å². The van der Waals surface area contributed by atoms with Crippen LogP contribution < -0.4 is 10.3 Å². The third kappa shape index (κ3) is 4.71. The number of aromatic amines is 1. The molecule has 3 aromatic rings. The Morgan fingerprint density at radius 1 is 1.23 bits per heavy atom. The molecule has 0 spiro atoms. The van der Waals surface area contributed by atoms with E-state index in [9.17, 15) is 19.8 Å². The number of imidazole rings is 1. The summed E-state index contributed by atoms with van der Waals surface area (Å²) < 4.78 is 11.5. The Kier molecular flexibility index (Phi) is 6.64. The first kappa shape index (κ1) is 21.9. The number of H-pyrrole nitrogens is 1. The van der Waals surface area contributed by atoms with Gasteiger partial charge < -0.3 is 29.2 Å².